The zero-order valence-corrected chi connectivity index (χ0v) is 18.5. The number of nitrogens with one attached hydrogen (secondary N) is 1. The molecule has 2 amide bonds. The fourth-order valence-electron chi connectivity index (χ4n) is 4.52. The van der Waals surface area contributed by atoms with Crippen LogP contribution in [0.3, 0.4) is 0 Å². The molecule has 32 heavy (non-hydrogen) atoms. The predicted molar refractivity (Wildman–Crippen MR) is 128 cm³/mol. The number of benzene rings is 3. The molecule has 0 fully saturated rings. The van der Waals surface area contributed by atoms with E-state index in [4.69, 9.17) is 0 Å². The summed E-state index contributed by atoms with van der Waals surface area (Å²) in [5, 5.41) is 3.16. The molecule has 1 N–H and O–H groups in total. The maximum Gasteiger partial charge on any atom is 0.318 e. The van der Waals surface area contributed by atoms with E-state index in [9.17, 15) is 4.79 Å². The Morgan fingerprint density at radius 1 is 0.906 bits per heavy atom. The first-order chi connectivity index (χ1) is 15.6. The van der Waals surface area contributed by atoms with Crippen LogP contribution in [0.2, 0.25) is 0 Å². The highest BCUT2D eigenvalue weighted by Crippen LogP contribution is 2.36. The van der Waals surface area contributed by atoms with Crippen molar-refractivity contribution < 1.29 is 4.79 Å². The van der Waals surface area contributed by atoms with Crippen LogP contribution in [-0.2, 0) is 13.1 Å². The lowest BCUT2D eigenvalue weighted by molar-refractivity contribution is 0.180. The molecule has 1 aliphatic heterocycles. The Kier molecular flexibility index (Phi) is 5.28. The van der Waals surface area contributed by atoms with E-state index in [0.29, 0.717) is 13.1 Å². The van der Waals surface area contributed by atoms with Crippen molar-refractivity contribution >= 4 is 6.03 Å². The van der Waals surface area contributed by atoms with E-state index >= 15 is 0 Å². The number of para-hydroxylation sites is 1. The smallest absolute Gasteiger partial charge is 0.318 e. The summed E-state index contributed by atoms with van der Waals surface area (Å²) in [6.45, 7) is 5.20. The zero-order valence-electron chi connectivity index (χ0n) is 18.5. The summed E-state index contributed by atoms with van der Waals surface area (Å²) < 4.78 is 2.22. The number of amides is 2. The van der Waals surface area contributed by atoms with E-state index < -0.39 is 0 Å². The van der Waals surface area contributed by atoms with Gasteiger partial charge in [-0.15, -0.1) is 0 Å². The van der Waals surface area contributed by atoms with Gasteiger partial charge in [0.1, 0.15) is 0 Å². The first-order valence-corrected chi connectivity index (χ1v) is 11.0. The molecule has 0 aliphatic carbocycles. The summed E-state index contributed by atoms with van der Waals surface area (Å²) >= 11 is 0. The fourth-order valence-corrected chi connectivity index (χ4v) is 4.52. The van der Waals surface area contributed by atoms with Crippen molar-refractivity contribution in [2.24, 2.45) is 0 Å². The fraction of sp³-hybridized carbons (Fsp3) is 0.179. The van der Waals surface area contributed by atoms with Gasteiger partial charge in [-0.05, 0) is 48.7 Å². The quantitative estimate of drug-likeness (QED) is 0.439. The standard InChI is InChI=1S/C28H27N3O/c1-20-12-14-22(15-13-20)18-29-28(32)31-19-24-8-3-4-10-25(24)30-16-6-11-26(30)27(31)23-9-5-7-21(2)17-23/h3-17,27H,18-19H2,1-2H3,(H,29,32). The molecule has 2 heterocycles. The van der Waals surface area contributed by atoms with Crippen LogP contribution in [0.5, 0.6) is 0 Å². The van der Waals surface area contributed by atoms with Gasteiger partial charge in [0, 0.05) is 18.4 Å². The van der Waals surface area contributed by atoms with Crippen molar-refractivity contribution in [2.75, 3.05) is 0 Å². The van der Waals surface area contributed by atoms with Gasteiger partial charge in [-0.1, -0.05) is 77.9 Å². The maximum absolute atomic E-state index is 13.6. The van der Waals surface area contributed by atoms with Crippen LogP contribution >= 0.6 is 0 Å². The third-order valence-corrected chi connectivity index (χ3v) is 6.15. The topological polar surface area (TPSA) is 37.3 Å². The van der Waals surface area contributed by atoms with E-state index in [-0.39, 0.29) is 12.1 Å². The Balaban J connectivity index is 1.55. The van der Waals surface area contributed by atoms with Gasteiger partial charge in [0.05, 0.1) is 18.3 Å². The molecule has 1 unspecified atom stereocenters. The Morgan fingerprint density at radius 2 is 1.72 bits per heavy atom. The first-order valence-electron chi connectivity index (χ1n) is 11.0. The molecule has 0 saturated heterocycles. The predicted octanol–water partition coefficient (Wildman–Crippen LogP) is 5.91. The van der Waals surface area contributed by atoms with Crippen LogP contribution in [-0.4, -0.2) is 15.5 Å². The Labute approximate surface area is 189 Å². The van der Waals surface area contributed by atoms with Crippen molar-refractivity contribution in [1.82, 2.24) is 14.8 Å². The number of fused-ring (bicyclic) bond motifs is 3. The van der Waals surface area contributed by atoms with E-state index in [0.717, 1.165) is 28.1 Å². The van der Waals surface area contributed by atoms with Crippen molar-refractivity contribution in [2.45, 2.75) is 33.0 Å². The number of carbonyl (C=O) groups is 1. The average molecular weight is 422 g/mol. The minimum Gasteiger partial charge on any atom is -0.334 e. The molecule has 0 bridgehead atoms. The molecule has 0 saturated carbocycles. The SMILES string of the molecule is Cc1ccc(CNC(=O)N2Cc3ccccc3-n3cccc3C2c2cccc(C)c2)cc1. The number of aromatic nitrogens is 1. The molecule has 1 atom stereocenters. The van der Waals surface area contributed by atoms with E-state index in [1.165, 1.54) is 11.1 Å². The van der Waals surface area contributed by atoms with Gasteiger partial charge in [0.15, 0.2) is 0 Å². The van der Waals surface area contributed by atoms with Gasteiger partial charge < -0.3 is 14.8 Å². The molecule has 0 radical (unpaired) electrons. The monoisotopic (exact) mass is 421 g/mol. The lowest BCUT2D eigenvalue weighted by atomic mass is 10.00. The third-order valence-electron chi connectivity index (χ3n) is 6.15. The minimum absolute atomic E-state index is 0.0680. The number of aryl methyl sites for hydroxylation is 2. The molecule has 1 aromatic heterocycles. The Morgan fingerprint density at radius 3 is 2.53 bits per heavy atom. The summed E-state index contributed by atoms with van der Waals surface area (Å²) in [4.78, 5) is 15.6. The maximum atomic E-state index is 13.6. The molecule has 4 heteroatoms. The van der Waals surface area contributed by atoms with E-state index in [1.54, 1.807) is 0 Å². The van der Waals surface area contributed by atoms with Crippen LogP contribution < -0.4 is 5.32 Å². The van der Waals surface area contributed by atoms with Crippen LogP contribution in [0.1, 0.15) is 39.6 Å². The molecule has 1 aliphatic rings. The van der Waals surface area contributed by atoms with Gasteiger partial charge in [0.2, 0.25) is 0 Å². The van der Waals surface area contributed by atoms with Crippen molar-refractivity contribution in [3.63, 3.8) is 0 Å². The second-order valence-electron chi connectivity index (χ2n) is 8.52. The molecule has 0 spiro atoms. The zero-order chi connectivity index (χ0) is 22.1. The highest BCUT2D eigenvalue weighted by Gasteiger charge is 2.32. The minimum atomic E-state index is -0.185. The first kappa shape index (κ1) is 20.1. The number of urea groups is 1. The molecule has 4 nitrogen and oxygen atoms in total. The van der Waals surface area contributed by atoms with E-state index in [2.05, 4.69) is 109 Å². The highest BCUT2D eigenvalue weighted by atomic mass is 16.2. The van der Waals surface area contributed by atoms with Crippen LogP contribution in [0.4, 0.5) is 4.79 Å². The van der Waals surface area contributed by atoms with E-state index in [1.807, 2.05) is 11.0 Å². The third kappa shape index (κ3) is 3.80. The summed E-state index contributed by atoms with van der Waals surface area (Å²) in [7, 11) is 0. The highest BCUT2D eigenvalue weighted by molar-refractivity contribution is 5.76. The van der Waals surface area contributed by atoms with Crippen LogP contribution in [0.25, 0.3) is 5.69 Å². The molecular weight excluding hydrogens is 394 g/mol. The molecule has 5 rings (SSSR count). The van der Waals surface area contributed by atoms with Gasteiger partial charge in [-0.25, -0.2) is 4.79 Å². The van der Waals surface area contributed by atoms with Gasteiger partial charge in [-0.3, -0.25) is 0 Å². The number of hydrogen-bond acceptors (Lipinski definition) is 1. The van der Waals surface area contributed by atoms with Crippen molar-refractivity contribution in [1.29, 1.82) is 0 Å². The molecule has 4 aromatic rings. The summed E-state index contributed by atoms with van der Waals surface area (Å²) in [6, 6.07) is 29.0. The summed E-state index contributed by atoms with van der Waals surface area (Å²) in [5.41, 5.74) is 7.94. The lowest BCUT2D eigenvalue weighted by Gasteiger charge is -2.31. The van der Waals surface area contributed by atoms with Crippen molar-refractivity contribution in [3.05, 3.63) is 125 Å². The van der Waals surface area contributed by atoms with Crippen molar-refractivity contribution in [3.8, 4) is 5.69 Å². The second kappa shape index (κ2) is 8.39. The Bertz CT molecular complexity index is 1260. The van der Waals surface area contributed by atoms with Gasteiger partial charge in [0.25, 0.3) is 0 Å². The number of rotatable bonds is 3. The van der Waals surface area contributed by atoms with Crippen LogP contribution in [0.15, 0.2) is 91.1 Å². The molecule has 160 valence electrons. The number of carbonyl (C=O) groups excluding carboxylic acids is 1. The number of nitrogens with zero attached hydrogens (tertiary/aromatic N) is 2. The Hall–Kier alpha value is -3.79. The summed E-state index contributed by atoms with van der Waals surface area (Å²) in [6.07, 6.45) is 2.09. The molecule has 3 aromatic carbocycles. The van der Waals surface area contributed by atoms with Gasteiger partial charge in [-0.2, -0.15) is 0 Å². The largest absolute Gasteiger partial charge is 0.334 e. The van der Waals surface area contributed by atoms with Crippen LogP contribution in [0, 0.1) is 13.8 Å². The number of hydrogen-bond donors (Lipinski definition) is 1. The molecular formula is C28H27N3O. The second-order valence-corrected chi connectivity index (χ2v) is 8.52. The van der Waals surface area contributed by atoms with Gasteiger partial charge >= 0.3 is 6.03 Å². The summed E-state index contributed by atoms with van der Waals surface area (Å²) in [5.74, 6) is 0. The normalized spacial score (nSPS) is 14.9. The average Bonchev–Trinajstić information content (AvgIpc) is 3.22. The lowest BCUT2D eigenvalue weighted by Crippen LogP contribution is -2.41.